The Kier molecular flexibility index (Phi) is 6.14. The average Bonchev–Trinajstić information content (AvgIpc) is 3.45. The lowest BCUT2D eigenvalue weighted by Gasteiger charge is -2.43. The number of fused-ring (bicyclic) bond motifs is 1. The van der Waals surface area contributed by atoms with Crippen molar-refractivity contribution in [2.24, 2.45) is 0 Å². The minimum atomic E-state index is -0.113. The van der Waals surface area contributed by atoms with Gasteiger partial charge in [-0.2, -0.15) is 0 Å². The van der Waals surface area contributed by atoms with Gasteiger partial charge in [-0.25, -0.2) is 4.79 Å². The summed E-state index contributed by atoms with van der Waals surface area (Å²) in [4.78, 5) is 32.4. The van der Waals surface area contributed by atoms with Crippen LogP contribution < -0.4 is 10.2 Å². The quantitative estimate of drug-likeness (QED) is 0.622. The van der Waals surface area contributed by atoms with E-state index in [9.17, 15) is 9.59 Å². The number of nitrogens with one attached hydrogen (secondary N) is 1. The topological polar surface area (TPSA) is 55.9 Å². The maximum atomic E-state index is 13.1. The molecule has 1 aromatic carbocycles. The number of benzene rings is 1. The predicted molar refractivity (Wildman–Crippen MR) is 134 cm³/mol. The second kappa shape index (κ2) is 8.93. The molecule has 5 rings (SSSR count). The largest absolute Gasteiger partial charge is 0.346 e. The van der Waals surface area contributed by atoms with Gasteiger partial charge in [-0.05, 0) is 81.6 Å². The van der Waals surface area contributed by atoms with E-state index in [-0.39, 0.29) is 29.4 Å². The van der Waals surface area contributed by atoms with Crippen molar-refractivity contribution in [2.45, 2.75) is 49.6 Å². The molecule has 1 N–H and O–H groups in total. The van der Waals surface area contributed by atoms with E-state index < -0.39 is 0 Å². The van der Waals surface area contributed by atoms with E-state index in [0.29, 0.717) is 22.3 Å². The molecule has 3 aliphatic rings. The lowest BCUT2D eigenvalue weighted by atomic mass is 9.62. The zero-order valence-corrected chi connectivity index (χ0v) is 20.8. The molecule has 176 valence electrons. The summed E-state index contributed by atoms with van der Waals surface area (Å²) in [5.74, 6) is -0.113. The Bertz CT molecular complexity index is 1030. The first kappa shape index (κ1) is 22.7. The van der Waals surface area contributed by atoms with Crippen molar-refractivity contribution >= 4 is 40.6 Å². The average molecular weight is 487 g/mol. The Morgan fingerprint density at radius 1 is 1.21 bits per heavy atom. The summed E-state index contributed by atoms with van der Waals surface area (Å²) in [6.07, 6.45) is 5.74. The number of hydrogen-bond donors (Lipinski definition) is 1. The third-order valence-electron chi connectivity index (χ3n) is 7.65. The highest BCUT2D eigenvalue weighted by Gasteiger charge is 2.47. The number of halogens is 1. The number of carbonyl (C=O) groups excluding carboxylic acids is 2. The van der Waals surface area contributed by atoms with Gasteiger partial charge in [-0.15, -0.1) is 11.3 Å². The Hall–Kier alpha value is -2.09. The van der Waals surface area contributed by atoms with E-state index in [0.717, 1.165) is 18.7 Å². The van der Waals surface area contributed by atoms with Crippen LogP contribution in [0.4, 0.5) is 10.5 Å². The highest BCUT2D eigenvalue weighted by molar-refractivity contribution is 7.18. The molecular formula is C25H31ClN4O2S. The van der Waals surface area contributed by atoms with Gasteiger partial charge in [0.15, 0.2) is 0 Å². The van der Waals surface area contributed by atoms with Gasteiger partial charge in [0.05, 0.1) is 27.8 Å². The zero-order chi connectivity index (χ0) is 23.2. The molecule has 1 saturated carbocycles. The number of hydrogen-bond acceptors (Lipinski definition) is 4. The van der Waals surface area contributed by atoms with E-state index >= 15 is 0 Å². The van der Waals surface area contributed by atoms with Gasteiger partial charge in [0, 0.05) is 12.2 Å². The fraction of sp³-hybridized carbons (Fsp3) is 0.520. The second-order valence-corrected chi connectivity index (χ2v) is 11.6. The van der Waals surface area contributed by atoms with Gasteiger partial charge in [-0.3, -0.25) is 9.69 Å². The van der Waals surface area contributed by atoms with E-state index in [2.05, 4.69) is 48.6 Å². The summed E-state index contributed by atoms with van der Waals surface area (Å²) in [6.45, 7) is 2.36. The lowest BCUT2D eigenvalue weighted by Crippen LogP contribution is -2.44. The molecule has 0 spiro atoms. The highest BCUT2D eigenvalue weighted by atomic mass is 35.5. The van der Waals surface area contributed by atoms with Gasteiger partial charge < -0.3 is 15.1 Å². The smallest absolute Gasteiger partial charge is 0.324 e. The summed E-state index contributed by atoms with van der Waals surface area (Å²) in [5.41, 5.74) is 2.62. The Labute approximate surface area is 204 Å². The molecule has 0 radical (unpaired) electrons. The number of amides is 3. The first-order valence-corrected chi connectivity index (χ1v) is 13.0. The van der Waals surface area contributed by atoms with E-state index in [1.54, 1.807) is 12.1 Å². The van der Waals surface area contributed by atoms with Crippen LogP contribution in [-0.4, -0.2) is 67.6 Å². The number of carbonyl (C=O) groups is 2. The van der Waals surface area contributed by atoms with Crippen LogP contribution in [0.2, 0.25) is 4.34 Å². The number of nitrogens with zero attached hydrogens (tertiary/aromatic N) is 3. The molecule has 3 fully saturated rings. The van der Waals surface area contributed by atoms with E-state index in [1.807, 2.05) is 9.80 Å². The van der Waals surface area contributed by atoms with Crippen molar-refractivity contribution in [1.29, 1.82) is 0 Å². The summed E-state index contributed by atoms with van der Waals surface area (Å²) in [6, 6.07) is 12.1. The van der Waals surface area contributed by atoms with Crippen LogP contribution in [-0.2, 0) is 5.41 Å². The molecule has 1 aromatic heterocycles. The maximum absolute atomic E-state index is 13.1. The third-order valence-corrected chi connectivity index (χ3v) is 8.88. The summed E-state index contributed by atoms with van der Waals surface area (Å²) in [5, 5.41) is 3.13. The number of anilines is 1. The van der Waals surface area contributed by atoms with Crippen LogP contribution in [0.5, 0.6) is 0 Å². The normalized spacial score (nSPS) is 23.7. The first-order chi connectivity index (χ1) is 15.9. The Balaban J connectivity index is 1.26. The molecule has 2 aliphatic heterocycles. The van der Waals surface area contributed by atoms with Crippen molar-refractivity contribution in [2.75, 3.05) is 38.6 Å². The lowest BCUT2D eigenvalue weighted by molar-refractivity contribution is 0.0935. The molecule has 2 saturated heterocycles. The van der Waals surface area contributed by atoms with Gasteiger partial charge in [-0.1, -0.05) is 30.2 Å². The van der Waals surface area contributed by atoms with Crippen molar-refractivity contribution < 1.29 is 9.59 Å². The minimum Gasteiger partial charge on any atom is -0.346 e. The standard InChI is InChI=1S/C25H31ClN4O2S/c1-28(2)15-13-25(11-3-12-25)17-4-6-18(7-5-17)30-16-20-19(10-14-29(20)24(30)32)27-23(31)21-8-9-22(26)33-21/h4-9,19-20H,3,10-16H2,1-2H3,(H,27,31)/t19-,20-/m1/s1. The van der Waals surface area contributed by atoms with Gasteiger partial charge in [0.25, 0.3) is 5.91 Å². The van der Waals surface area contributed by atoms with Gasteiger partial charge in [0.2, 0.25) is 0 Å². The van der Waals surface area contributed by atoms with Crippen molar-refractivity contribution in [3.63, 3.8) is 0 Å². The Morgan fingerprint density at radius 3 is 2.58 bits per heavy atom. The zero-order valence-electron chi connectivity index (χ0n) is 19.2. The third kappa shape index (κ3) is 4.27. The highest BCUT2D eigenvalue weighted by Crippen LogP contribution is 2.47. The monoisotopic (exact) mass is 486 g/mol. The van der Waals surface area contributed by atoms with Gasteiger partial charge >= 0.3 is 6.03 Å². The van der Waals surface area contributed by atoms with Crippen LogP contribution in [0.25, 0.3) is 0 Å². The fourth-order valence-electron chi connectivity index (χ4n) is 5.52. The molecule has 33 heavy (non-hydrogen) atoms. The van der Waals surface area contributed by atoms with Crippen LogP contribution in [0.3, 0.4) is 0 Å². The van der Waals surface area contributed by atoms with Crippen LogP contribution in [0, 0.1) is 0 Å². The minimum absolute atomic E-state index is 0.00498. The molecule has 3 amide bonds. The van der Waals surface area contributed by atoms with Crippen molar-refractivity contribution in [3.8, 4) is 0 Å². The molecule has 1 aliphatic carbocycles. The van der Waals surface area contributed by atoms with E-state index in [4.69, 9.17) is 11.6 Å². The second-order valence-electron chi connectivity index (χ2n) is 9.86. The number of thiophene rings is 1. The van der Waals surface area contributed by atoms with Gasteiger partial charge in [0.1, 0.15) is 0 Å². The molecule has 2 atom stereocenters. The first-order valence-electron chi connectivity index (χ1n) is 11.8. The fourth-order valence-corrected chi connectivity index (χ4v) is 6.46. The maximum Gasteiger partial charge on any atom is 0.324 e. The van der Waals surface area contributed by atoms with Crippen molar-refractivity contribution in [1.82, 2.24) is 15.1 Å². The van der Waals surface area contributed by atoms with Crippen molar-refractivity contribution in [3.05, 3.63) is 51.2 Å². The summed E-state index contributed by atoms with van der Waals surface area (Å²) in [7, 11) is 4.26. The summed E-state index contributed by atoms with van der Waals surface area (Å²) < 4.78 is 0.601. The van der Waals surface area contributed by atoms with Crippen LogP contribution >= 0.6 is 22.9 Å². The molecule has 8 heteroatoms. The molecular weight excluding hydrogens is 456 g/mol. The van der Waals surface area contributed by atoms with Crippen LogP contribution in [0.15, 0.2) is 36.4 Å². The van der Waals surface area contributed by atoms with E-state index in [1.165, 1.54) is 42.6 Å². The molecule has 6 nitrogen and oxygen atoms in total. The Morgan fingerprint density at radius 2 is 1.97 bits per heavy atom. The molecule has 0 bridgehead atoms. The number of urea groups is 1. The summed E-state index contributed by atoms with van der Waals surface area (Å²) >= 11 is 7.25. The molecule has 3 heterocycles. The SMILES string of the molecule is CN(C)CCC1(c2ccc(N3C[C@@H]4[C@H](NC(=O)c5ccc(Cl)s5)CCN4C3=O)cc2)CCC1. The number of rotatable bonds is 7. The van der Waals surface area contributed by atoms with Crippen LogP contribution in [0.1, 0.15) is 47.3 Å². The molecule has 2 aromatic rings. The predicted octanol–water partition coefficient (Wildman–Crippen LogP) is 4.59. The molecule has 0 unspecified atom stereocenters.